The molecule has 104 valence electrons. The minimum atomic E-state index is -0.246. The quantitative estimate of drug-likeness (QED) is 0.574. The van der Waals surface area contributed by atoms with Crippen LogP contribution in [0.5, 0.6) is 5.75 Å². The van der Waals surface area contributed by atoms with Crippen LogP contribution in [-0.2, 0) is 11.2 Å². The average molecular weight is 354 g/mol. The summed E-state index contributed by atoms with van der Waals surface area (Å²) in [6, 6.07) is 13.1. The van der Waals surface area contributed by atoms with Gasteiger partial charge < -0.3 is 4.74 Å². The van der Waals surface area contributed by atoms with Gasteiger partial charge in [-0.1, -0.05) is 29.8 Å². The van der Waals surface area contributed by atoms with E-state index in [-0.39, 0.29) is 5.97 Å². The summed E-state index contributed by atoms with van der Waals surface area (Å²) in [6.07, 6.45) is 0.974. The van der Waals surface area contributed by atoms with Crippen molar-refractivity contribution in [2.45, 2.75) is 19.8 Å². The molecule has 2 aromatic carbocycles. The number of halogens is 2. The fraction of sp³-hybridized carbons (Fsp3) is 0.188. The molecule has 20 heavy (non-hydrogen) atoms. The number of benzene rings is 2. The standard InChI is InChI=1S/C16H14BrClO2/c1-11-2-8-15(14(17)10-11)20-16(19)9-5-12-3-6-13(18)7-4-12/h2-4,6-8,10H,5,9H2,1H3. The molecule has 4 heteroatoms. The summed E-state index contributed by atoms with van der Waals surface area (Å²) in [6.45, 7) is 1.98. The summed E-state index contributed by atoms with van der Waals surface area (Å²) in [5.74, 6) is 0.307. The van der Waals surface area contributed by atoms with Crippen LogP contribution < -0.4 is 4.74 Å². The van der Waals surface area contributed by atoms with E-state index >= 15 is 0 Å². The zero-order chi connectivity index (χ0) is 14.5. The first-order valence-electron chi connectivity index (χ1n) is 6.26. The smallest absolute Gasteiger partial charge is 0.311 e. The first-order valence-corrected chi connectivity index (χ1v) is 7.43. The van der Waals surface area contributed by atoms with E-state index in [9.17, 15) is 4.79 Å². The molecule has 2 rings (SSSR count). The molecular formula is C16H14BrClO2. The number of carbonyl (C=O) groups is 1. The highest BCUT2D eigenvalue weighted by molar-refractivity contribution is 9.10. The van der Waals surface area contributed by atoms with Gasteiger partial charge in [0.1, 0.15) is 5.75 Å². The molecule has 0 fully saturated rings. The summed E-state index contributed by atoms with van der Waals surface area (Å²) in [5, 5.41) is 0.694. The molecule has 0 N–H and O–H groups in total. The SMILES string of the molecule is Cc1ccc(OC(=O)CCc2ccc(Cl)cc2)c(Br)c1. The van der Waals surface area contributed by atoms with E-state index in [1.54, 1.807) is 6.07 Å². The van der Waals surface area contributed by atoms with Crippen molar-refractivity contribution in [1.29, 1.82) is 0 Å². The largest absolute Gasteiger partial charge is 0.425 e. The first-order chi connectivity index (χ1) is 9.54. The van der Waals surface area contributed by atoms with Crippen molar-refractivity contribution in [1.82, 2.24) is 0 Å². The number of rotatable bonds is 4. The molecule has 0 unspecified atom stereocenters. The van der Waals surface area contributed by atoms with E-state index in [1.165, 1.54) is 0 Å². The maximum Gasteiger partial charge on any atom is 0.311 e. The highest BCUT2D eigenvalue weighted by Gasteiger charge is 2.08. The molecule has 0 bridgehead atoms. The third kappa shape index (κ3) is 4.36. The van der Waals surface area contributed by atoms with Crippen molar-refractivity contribution < 1.29 is 9.53 Å². The van der Waals surface area contributed by atoms with Crippen LogP contribution in [0.1, 0.15) is 17.5 Å². The maximum atomic E-state index is 11.8. The lowest BCUT2D eigenvalue weighted by Crippen LogP contribution is -2.09. The topological polar surface area (TPSA) is 26.3 Å². The lowest BCUT2D eigenvalue weighted by Gasteiger charge is -2.07. The zero-order valence-corrected chi connectivity index (χ0v) is 13.4. The Morgan fingerprint density at radius 3 is 2.55 bits per heavy atom. The molecule has 0 saturated heterocycles. The van der Waals surface area contributed by atoms with Crippen molar-refractivity contribution in [2.75, 3.05) is 0 Å². The Labute approximate surface area is 131 Å². The van der Waals surface area contributed by atoms with Crippen LogP contribution in [0.15, 0.2) is 46.9 Å². The summed E-state index contributed by atoms with van der Waals surface area (Å²) in [4.78, 5) is 11.8. The van der Waals surface area contributed by atoms with Crippen molar-refractivity contribution in [3.8, 4) is 5.75 Å². The molecule has 2 aromatic rings. The predicted molar refractivity (Wildman–Crippen MR) is 84.3 cm³/mol. The molecule has 0 spiro atoms. The number of aryl methyl sites for hydroxylation is 2. The van der Waals surface area contributed by atoms with Gasteiger partial charge in [-0.2, -0.15) is 0 Å². The van der Waals surface area contributed by atoms with Gasteiger partial charge in [0, 0.05) is 11.4 Å². The number of carbonyl (C=O) groups excluding carboxylic acids is 1. The van der Waals surface area contributed by atoms with E-state index in [0.29, 0.717) is 23.6 Å². The van der Waals surface area contributed by atoms with E-state index in [0.717, 1.165) is 15.6 Å². The third-order valence-electron chi connectivity index (χ3n) is 2.84. The Kier molecular flexibility index (Phi) is 5.21. The van der Waals surface area contributed by atoms with Crippen LogP contribution in [0.25, 0.3) is 0 Å². The fourth-order valence-corrected chi connectivity index (χ4v) is 2.46. The molecule has 0 heterocycles. The number of ether oxygens (including phenoxy) is 1. The van der Waals surface area contributed by atoms with Gasteiger partial charge in [-0.25, -0.2) is 0 Å². The summed E-state index contributed by atoms with van der Waals surface area (Å²) >= 11 is 9.20. The molecule has 0 radical (unpaired) electrons. The van der Waals surface area contributed by atoms with E-state index < -0.39 is 0 Å². The van der Waals surface area contributed by atoms with Gasteiger partial charge in [0.25, 0.3) is 0 Å². The van der Waals surface area contributed by atoms with Gasteiger partial charge in [-0.3, -0.25) is 4.79 Å². The van der Waals surface area contributed by atoms with Crippen molar-refractivity contribution in [3.05, 3.63) is 63.1 Å². The van der Waals surface area contributed by atoms with Crippen LogP contribution in [-0.4, -0.2) is 5.97 Å². The number of esters is 1. The second-order valence-corrected chi connectivity index (χ2v) is 5.83. The van der Waals surface area contributed by atoms with Crippen molar-refractivity contribution >= 4 is 33.5 Å². The number of hydrogen-bond donors (Lipinski definition) is 0. The Bertz CT molecular complexity index is 608. The van der Waals surface area contributed by atoms with Crippen LogP contribution in [0, 0.1) is 6.92 Å². The Balaban J connectivity index is 1.90. The summed E-state index contributed by atoms with van der Waals surface area (Å²) < 4.78 is 6.12. The van der Waals surface area contributed by atoms with Gasteiger partial charge in [0.05, 0.1) is 4.47 Å². The normalized spacial score (nSPS) is 10.3. The minimum absolute atomic E-state index is 0.246. The van der Waals surface area contributed by atoms with Gasteiger partial charge in [-0.05, 0) is 64.7 Å². The van der Waals surface area contributed by atoms with Gasteiger partial charge >= 0.3 is 5.97 Å². The van der Waals surface area contributed by atoms with Gasteiger partial charge in [0.2, 0.25) is 0 Å². The molecule has 0 aromatic heterocycles. The second-order valence-electron chi connectivity index (χ2n) is 4.53. The van der Waals surface area contributed by atoms with Crippen molar-refractivity contribution in [3.63, 3.8) is 0 Å². The molecule has 0 aliphatic heterocycles. The lowest BCUT2D eigenvalue weighted by molar-refractivity contribution is -0.134. The molecule has 0 amide bonds. The Morgan fingerprint density at radius 2 is 1.90 bits per heavy atom. The van der Waals surface area contributed by atoms with Gasteiger partial charge in [0.15, 0.2) is 0 Å². The highest BCUT2D eigenvalue weighted by atomic mass is 79.9. The highest BCUT2D eigenvalue weighted by Crippen LogP contribution is 2.26. The number of hydrogen-bond acceptors (Lipinski definition) is 2. The Morgan fingerprint density at radius 1 is 1.20 bits per heavy atom. The zero-order valence-electron chi connectivity index (χ0n) is 11.0. The van der Waals surface area contributed by atoms with Gasteiger partial charge in [-0.15, -0.1) is 0 Å². The monoisotopic (exact) mass is 352 g/mol. The maximum absolute atomic E-state index is 11.8. The summed E-state index contributed by atoms with van der Waals surface area (Å²) in [5.41, 5.74) is 2.17. The lowest BCUT2D eigenvalue weighted by atomic mass is 10.1. The Hall–Kier alpha value is -1.32. The van der Waals surface area contributed by atoms with E-state index in [2.05, 4.69) is 15.9 Å². The van der Waals surface area contributed by atoms with Crippen LogP contribution in [0.2, 0.25) is 5.02 Å². The summed E-state index contributed by atoms with van der Waals surface area (Å²) in [7, 11) is 0. The fourth-order valence-electron chi connectivity index (χ4n) is 1.76. The van der Waals surface area contributed by atoms with E-state index in [4.69, 9.17) is 16.3 Å². The molecule has 0 aliphatic rings. The van der Waals surface area contributed by atoms with Crippen LogP contribution in [0.4, 0.5) is 0 Å². The third-order valence-corrected chi connectivity index (χ3v) is 3.71. The molecular weight excluding hydrogens is 340 g/mol. The molecule has 0 aliphatic carbocycles. The van der Waals surface area contributed by atoms with Crippen LogP contribution >= 0.6 is 27.5 Å². The molecule has 0 atom stereocenters. The van der Waals surface area contributed by atoms with Crippen molar-refractivity contribution in [2.24, 2.45) is 0 Å². The first kappa shape index (κ1) is 15.1. The average Bonchev–Trinajstić information content (AvgIpc) is 2.41. The van der Waals surface area contributed by atoms with E-state index in [1.807, 2.05) is 43.3 Å². The second kappa shape index (κ2) is 6.91. The predicted octanol–water partition coefficient (Wildman–Crippen LogP) is 4.95. The minimum Gasteiger partial charge on any atom is -0.425 e. The molecule has 0 saturated carbocycles. The molecule has 2 nitrogen and oxygen atoms in total. The van der Waals surface area contributed by atoms with Crippen LogP contribution in [0.3, 0.4) is 0 Å².